The van der Waals surface area contributed by atoms with E-state index in [2.05, 4.69) is 43.7 Å². The van der Waals surface area contributed by atoms with Gasteiger partial charge >= 0.3 is 0 Å². The lowest BCUT2D eigenvalue weighted by atomic mass is 10.0. The molecule has 0 aliphatic carbocycles. The quantitative estimate of drug-likeness (QED) is 0.900. The molecule has 96 valence electrons. The van der Waals surface area contributed by atoms with E-state index in [1.54, 1.807) is 0 Å². The van der Waals surface area contributed by atoms with E-state index < -0.39 is 0 Å². The van der Waals surface area contributed by atoms with Crippen LogP contribution in [0.5, 0.6) is 0 Å². The van der Waals surface area contributed by atoms with Gasteiger partial charge in [-0.3, -0.25) is 0 Å². The lowest BCUT2D eigenvalue weighted by Crippen LogP contribution is -2.08. The average molecular weight is 243 g/mol. The lowest BCUT2D eigenvalue weighted by Gasteiger charge is -2.08. The van der Waals surface area contributed by atoms with E-state index in [-0.39, 0.29) is 0 Å². The molecule has 0 radical (unpaired) electrons. The first-order chi connectivity index (χ1) is 8.54. The van der Waals surface area contributed by atoms with Crippen LogP contribution in [0.1, 0.15) is 22.6 Å². The molecule has 0 aliphatic heterocycles. The summed E-state index contributed by atoms with van der Waals surface area (Å²) in [5, 5.41) is 0. The SMILES string of the molecule is Cc1ccc(C)c(-c2nc(C)n(C)c2CCN)c1. The van der Waals surface area contributed by atoms with Gasteiger partial charge in [0.2, 0.25) is 0 Å². The summed E-state index contributed by atoms with van der Waals surface area (Å²) in [4.78, 5) is 4.71. The molecule has 2 rings (SSSR count). The van der Waals surface area contributed by atoms with E-state index in [4.69, 9.17) is 10.7 Å². The van der Waals surface area contributed by atoms with E-state index in [9.17, 15) is 0 Å². The topological polar surface area (TPSA) is 43.8 Å². The molecule has 2 aromatic rings. The first kappa shape index (κ1) is 12.8. The van der Waals surface area contributed by atoms with E-state index in [0.29, 0.717) is 6.54 Å². The Morgan fingerprint density at radius 1 is 1.22 bits per heavy atom. The van der Waals surface area contributed by atoms with Crippen molar-refractivity contribution in [2.75, 3.05) is 6.54 Å². The van der Waals surface area contributed by atoms with Crippen LogP contribution in [-0.4, -0.2) is 16.1 Å². The smallest absolute Gasteiger partial charge is 0.106 e. The van der Waals surface area contributed by atoms with Gasteiger partial charge in [-0.2, -0.15) is 0 Å². The number of nitrogens with two attached hydrogens (primary N) is 1. The number of aromatic nitrogens is 2. The minimum absolute atomic E-state index is 0.650. The fourth-order valence-corrected chi connectivity index (χ4v) is 2.28. The lowest BCUT2D eigenvalue weighted by molar-refractivity contribution is 0.778. The van der Waals surface area contributed by atoms with Crippen LogP contribution in [-0.2, 0) is 13.5 Å². The largest absolute Gasteiger partial charge is 0.335 e. The molecule has 18 heavy (non-hydrogen) atoms. The van der Waals surface area contributed by atoms with Gasteiger partial charge in [-0.1, -0.05) is 17.7 Å². The third-order valence-electron chi connectivity index (χ3n) is 3.47. The third-order valence-corrected chi connectivity index (χ3v) is 3.47. The van der Waals surface area contributed by atoms with E-state index >= 15 is 0 Å². The number of benzene rings is 1. The van der Waals surface area contributed by atoms with Crippen molar-refractivity contribution in [3.63, 3.8) is 0 Å². The number of aryl methyl sites for hydroxylation is 3. The maximum absolute atomic E-state index is 5.71. The first-order valence-corrected chi connectivity index (χ1v) is 6.34. The van der Waals surface area contributed by atoms with Crippen LogP contribution in [0.25, 0.3) is 11.3 Å². The molecule has 0 atom stereocenters. The van der Waals surface area contributed by atoms with E-state index in [0.717, 1.165) is 17.9 Å². The van der Waals surface area contributed by atoms with Crippen LogP contribution in [0.4, 0.5) is 0 Å². The molecule has 3 nitrogen and oxygen atoms in total. The van der Waals surface area contributed by atoms with Gasteiger partial charge in [-0.15, -0.1) is 0 Å². The molecular weight excluding hydrogens is 222 g/mol. The fraction of sp³-hybridized carbons (Fsp3) is 0.400. The molecule has 0 fully saturated rings. The maximum Gasteiger partial charge on any atom is 0.106 e. The second-order valence-corrected chi connectivity index (χ2v) is 4.87. The van der Waals surface area contributed by atoms with Gasteiger partial charge < -0.3 is 10.3 Å². The molecule has 3 heteroatoms. The van der Waals surface area contributed by atoms with Gasteiger partial charge in [0.25, 0.3) is 0 Å². The Morgan fingerprint density at radius 2 is 1.94 bits per heavy atom. The van der Waals surface area contributed by atoms with Crippen molar-refractivity contribution in [1.82, 2.24) is 9.55 Å². The van der Waals surface area contributed by atoms with E-state index in [1.807, 2.05) is 6.92 Å². The zero-order valence-corrected chi connectivity index (χ0v) is 11.6. The number of nitrogens with zero attached hydrogens (tertiary/aromatic N) is 2. The Bertz CT molecular complexity index is 567. The highest BCUT2D eigenvalue weighted by Crippen LogP contribution is 2.27. The minimum atomic E-state index is 0.650. The van der Waals surface area contributed by atoms with E-state index in [1.165, 1.54) is 22.4 Å². The highest BCUT2D eigenvalue weighted by Gasteiger charge is 2.15. The molecule has 1 aromatic heterocycles. The van der Waals surface area contributed by atoms with Crippen LogP contribution in [0.3, 0.4) is 0 Å². The summed E-state index contributed by atoms with van der Waals surface area (Å²) >= 11 is 0. The summed E-state index contributed by atoms with van der Waals surface area (Å²) in [6.45, 7) is 6.93. The zero-order valence-electron chi connectivity index (χ0n) is 11.6. The number of hydrogen-bond acceptors (Lipinski definition) is 2. The Balaban J connectivity index is 2.63. The van der Waals surface area contributed by atoms with Crippen LogP contribution >= 0.6 is 0 Å². The molecule has 2 N–H and O–H groups in total. The fourth-order valence-electron chi connectivity index (χ4n) is 2.28. The zero-order chi connectivity index (χ0) is 13.3. The van der Waals surface area contributed by atoms with Crippen LogP contribution in [0.2, 0.25) is 0 Å². The summed E-state index contributed by atoms with van der Waals surface area (Å²) in [6, 6.07) is 6.50. The second-order valence-electron chi connectivity index (χ2n) is 4.87. The first-order valence-electron chi connectivity index (χ1n) is 6.34. The molecule has 0 saturated heterocycles. The molecule has 0 saturated carbocycles. The summed E-state index contributed by atoms with van der Waals surface area (Å²) in [7, 11) is 2.06. The van der Waals surface area contributed by atoms with Gasteiger partial charge in [-0.05, 0) is 38.9 Å². The standard InChI is InChI=1S/C15H21N3/c1-10-5-6-11(2)13(9-10)15-14(7-8-16)18(4)12(3)17-15/h5-6,9H,7-8,16H2,1-4H3. The monoisotopic (exact) mass is 243 g/mol. The van der Waals surface area contributed by atoms with Crippen LogP contribution in [0.15, 0.2) is 18.2 Å². The van der Waals surface area contributed by atoms with Crippen molar-refractivity contribution < 1.29 is 0 Å². The van der Waals surface area contributed by atoms with Crippen molar-refractivity contribution in [3.8, 4) is 11.3 Å². The Kier molecular flexibility index (Phi) is 3.53. The van der Waals surface area contributed by atoms with Crippen molar-refractivity contribution in [2.24, 2.45) is 12.8 Å². The third kappa shape index (κ3) is 2.18. The van der Waals surface area contributed by atoms with Crippen LogP contribution in [0, 0.1) is 20.8 Å². The summed E-state index contributed by atoms with van der Waals surface area (Å²) in [5.41, 5.74) is 11.8. The highest BCUT2D eigenvalue weighted by atomic mass is 15.1. The van der Waals surface area contributed by atoms with Crippen molar-refractivity contribution in [2.45, 2.75) is 27.2 Å². The molecule has 1 heterocycles. The molecular formula is C15H21N3. The van der Waals surface area contributed by atoms with Crippen molar-refractivity contribution >= 4 is 0 Å². The molecule has 1 aromatic carbocycles. The van der Waals surface area contributed by atoms with Gasteiger partial charge in [0.15, 0.2) is 0 Å². The van der Waals surface area contributed by atoms with Crippen molar-refractivity contribution in [3.05, 3.63) is 40.8 Å². The minimum Gasteiger partial charge on any atom is -0.335 e. The molecule has 0 amide bonds. The predicted octanol–water partition coefficient (Wildman–Crippen LogP) is 2.51. The number of imidazole rings is 1. The number of rotatable bonds is 3. The molecule has 0 spiro atoms. The van der Waals surface area contributed by atoms with Crippen LogP contribution < -0.4 is 5.73 Å². The summed E-state index contributed by atoms with van der Waals surface area (Å²) < 4.78 is 2.14. The maximum atomic E-state index is 5.71. The Labute approximate surface area is 109 Å². The molecule has 0 bridgehead atoms. The normalized spacial score (nSPS) is 10.9. The van der Waals surface area contributed by atoms with Crippen molar-refractivity contribution in [1.29, 1.82) is 0 Å². The van der Waals surface area contributed by atoms with Gasteiger partial charge in [0, 0.05) is 24.7 Å². The Morgan fingerprint density at radius 3 is 2.61 bits per heavy atom. The number of hydrogen-bond donors (Lipinski definition) is 1. The predicted molar refractivity (Wildman–Crippen MR) is 75.6 cm³/mol. The average Bonchev–Trinajstić information content (AvgIpc) is 2.61. The highest BCUT2D eigenvalue weighted by molar-refractivity contribution is 5.67. The summed E-state index contributed by atoms with van der Waals surface area (Å²) in [5.74, 6) is 1.04. The van der Waals surface area contributed by atoms with Gasteiger partial charge in [0.05, 0.1) is 5.69 Å². The molecule has 0 unspecified atom stereocenters. The summed E-state index contributed by atoms with van der Waals surface area (Å²) in [6.07, 6.45) is 0.861. The molecule has 0 aliphatic rings. The van der Waals surface area contributed by atoms with Gasteiger partial charge in [0.1, 0.15) is 5.82 Å². The second kappa shape index (κ2) is 4.94. The Hall–Kier alpha value is -1.61. The van der Waals surface area contributed by atoms with Gasteiger partial charge in [-0.25, -0.2) is 4.98 Å².